The lowest BCUT2D eigenvalue weighted by Gasteiger charge is -2.08. The number of carbonyl (C=O) groups is 1. The van der Waals surface area contributed by atoms with Crippen molar-refractivity contribution in [2.24, 2.45) is 5.73 Å². The fraction of sp³-hybridized carbons (Fsp3) is 0.176. The molecule has 0 saturated carbocycles. The van der Waals surface area contributed by atoms with Crippen LogP contribution < -0.4 is 5.73 Å². The summed E-state index contributed by atoms with van der Waals surface area (Å²) in [6.07, 6.45) is 1.88. The van der Waals surface area contributed by atoms with Crippen molar-refractivity contribution in [1.29, 1.82) is 5.26 Å². The van der Waals surface area contributed by atoms with Gasteiger partial charge in [0.1, 0.15) is 11.8 Å². The Morgan fingerprint density at radius 3 is 2.92 bits per heavy atom. The van der Waals surface area contributed by atoms with Gasteiger partial charge in [-0.25, -0.2) is 4.98 Å². The van der Waals surface area contributed by atoms with Crippen LogP contribution in [0.4, 0.5) is 0 Å². The molecule has 0 saturated heterocycles. The minimum atomic E-state index is -0.520. The maximum absolute atomic E-state index is 11.1. The third-order valence-electron chi connectivity index (χ3n) is 3.68. The summed E-state index contributed by atoms with van der Waals surface area (Å²) in [6.45, 7) is 2.64. The van der Waals surface area contributed by atoms with Gasteiger partial charge in [-0.2, -0.15) is 10.4 Å². The number of nitrogens with zero attached hydrogens (tertiary/aromatic N) is 4. The van der Waals surface area contributed by atoms with Gasteiger partial charge in [-0.1, -0.05) is 24.6 Å². The Hall–Kier alpha value is -2.69. The first kappa shape index (κ1) is 17.1. The van der Waals surface area contributed by atoms with E-state index in [1.54, 1.807) is 17.5 Å². The highest BCUT2D eigenvalue weighted by Crippen LogP contribution is 2.25. The molecule has 2 aromatic heterocycles. The third kappa shape index (κ3) is 3.71. The van der Waals surface area contributed by atoms with Gasteiger partial charge in [0.25, 0.3) is 5.91 Å². The Labute approximate surface area is 153 Å². The van der Waals surface area contributed by atoms with E-state index in [0.717, 1.165) is 16.3 Å². The lowest BCUT2D eigenvalue weighted by atomic mass is 10.1. The minimum Gasteiger partial charge on any atom is -0.364 e. The summed E-state index contributed by atoms with van der Waals surface area (Å²) in [4.78, 5) is 15.4. The lowest BCUT2D eigenvalue weighted by Crippen LogP contribution is -2.12. The Bertz CT molecular complexity index is 972. The Balaban J connectivity index is 1.76. The topological polar surface area (TPSA) is 97.6 Å². The fourth-order valence-corrected chi connectivity index (χ4v) is 3.45. The van der Waals surface area contributed by atoms with E-state index in [0.29, 0.717) is 22.8 Å². The molecule has 0 aliphatic carbocycles. The zero-order valence-electron chi connectivity index (χ0n) is 13.3. The van der Waals surface area contributed by atoms with Crippen LogP contribution in [0.3, 0.4) is 0 Å². The van der Waals surface area contributed by atoms with Crippen LogP contribution >= 0.6 is 22.9 Å². The molecule has 1 atom stereocenters. The predicted octanol–water partition coefficient (Wildman–Crippen LogP) is 3.43. The molecule has 1 amide bonds. The number of nitriles is 1. The largest absolute Gasteiger partial charge is 0.364 e. The van der Waals surface area contributed by atoms with Crippen LogP contribution in [-0.4, -0.2) is 20.7 Å². The number of halogens is 1. The normalized spacial score (nSPS) is 11.9. The van der Waals surface area contributed by atoms with E-state index in [9.17, 15) is 4.79 Å². The molecule has 3 rings (SSSR count). The van der Waals surface area contributed by atoms with E-state index in [1.807, 2.05) is 36.0 Å². The molecule has 126 valence electrons. The maximum atomic E-state index is 11.1. The van der Waals surface area contributed by atoms with E-state index in [4.69, 9.17) is 22.6 Å². The van der Waals surface area contributed by atoms with Crippen molar-refractivity contribution in [1.82, 2.24) is 14.8 Å². The van der Waals surface area contributed by atoms with Crippen molar-refractivity contribution >= 4 is 28.8 Å². The highest BCUT2D eigenvalue weighted by molar-refractivity contribution is 7.09. The molecule has 6 nitrogen and oxygen atoms in total. The van der Waals surface area contributed by atoms with Crippen molar-refractivity contribution in [2.45, 2.75) is 19.4 Å². The lowest BCUT2D eigenvalue weighted by molar-refractivity contribution is 0.0996. The van der Waals surface area contributed by atoms with Gasteiger partial charge in [0.2, 0.25) is 0 Å². The number of hydrogen-bond acceptors (Lipinski definition) is 5. The highest BCUT2D eigenvalue weighted by atomic mass is 35.5. The average Bonchev–Trinajstić information content (AvgIpc) is 3.24. The van der Waals surface area contributed by atoms with Crippen molar-refractivity contribution in [3.63, 3.8) is 0 Å². The SMILES string of the molecule is C[C@@H](Cn1ccc(-c2ccc(C#N)c(Cl)c2)n1)c1nc(C(N)=O)cs1. The van der Waals surface area contributed by atoms with Gasteiger partial charge in [-0.15, -0.1) is 11.3 Å². The highest BCUT2D eigenvalue weighted by Gasteiger charge is 2.14. The fourth-order valence-electron chi connectivity index (χ4n) is 2.37. The zero-order valence-corrected chi connectivity index (χ0v) is 14.9. The van der Waals surface area contributed by atoms with Crippen molar-refractivity contribution < 1.29 is 4.79 Å². The predicted molar refractivity (Wildman–Crippen MR) is 96.4 cm³/mol. The molecule has 25 heavy (non-hydrogen) atoms. The summed E-state index contributed by atoms with van der Waals surface area (Å²) in [5.41, 5.74) is 7.59. The van der Waals surface area contributed by atoms with Crippen LogP contribution in [0.25, 0.3) is 11.3 Å². The number of hydrogen-bond donors (Lipinski definition) is 1. The molecule has 2 N–H and O–H groups in total. The van der Waals surface area contributed by atoms with Gasteiger partial charge in [0, 0.05) is 29.6 Å². The first-order chi connectivity index (χ1) is 12.0. The second kappa shape index (κ2) is 7.05. The first-order valence-electron chi connectivity index (χ1n) is 7.46. The minimum absolute atomic E-state index is 0.0930. The molecular formula is C17H14ClN5OS. The van der Waals surface area contributed by atoms with Gasteiger partial charge in [0.05, 0.1) is 21.3 Å². The summed E-state index contributed by atoms with van der Waals surface area (Å²) in [5, 5.41) is 16.4. The smallest absolute Gasteiger partial charge is 0.268 e. The van der Waals surface area contributed by atoms with Gasteiger partial charge in [0.15, 0.2) is 0 Å². The maximum Gasteiger partial charge on any atom is 0.268 e. The number of rotatable bonds is 5. The summed E-state index contributed by atoms with van der Waals surface area (Å²) in [6, 6.07) is 9.16. The molecule has 0 unspecified atom stereocenters. The molecule has 2 heterocycles. The second-order valence-electron chi connectivity index (χ2n) is 5.57. The summed E-state index contributed by atoms with van der Waals surface area (Å²) in [7, 11) is 0. The zero-order chi connectivity index (χ0) is 18.0. The van der Waals surface area contributed by atoms with Crippen LogP contribution in [0.2, 0.25) is 5.02 Å². The number of carbonyl (C=O) groups excluding carboxylic acids is 1. The third-order valence-corrected chi connectivity index (χ3v) is 5.07. The first-order valence-corrected chi connectivity index (χ1v) is 8.72. The molecule has 0 spiro atoms. The molecule has 8 heteroatoms. The molecule has 3 aromatic rings. The van der Waals surface area contributed by atoms with Crippen LogP contribution in [0.1, 0.15) is 33.9 Å². The van der Waals surface area contributed by atoms with Crippen LogP contribution in [0.5, 0.6) is 0 Å². The van der Waals surface area contributed by atoms with Crippen LogP contribution in [-0.2, 0) is 6.54 Å². The van der Waals surface area contributed by atoms with Crippen molar-refractivity contribution in [2.75, 3.05) is 0 Å². The van der Waals surface area contributed by atoms with Crippen LogP contribution in [0, 0.1) is 11.3 Å². The quantitative estimate of drug-likeness (QED) is 0.742. The monoisotopic (exact) mass is 371 g/mol. The number of primary amides is 1. The van der Waals surface area contributed by atoms with Crippen LogP contribution in [0.15, 0.2) is 35.8 Å². The Morgan fingerprint density at radius 1 is 1.48 bits per heavy atom. The van der Waals surface area contributed by atoms with E-state index < -0.39 is 5.91 Å². The molecule has 1 aromatic carbocycles. The molecule has 0 radical (unpaired) electrons. The van der Waals surface area contributed by atoms with Crippen molar-refractivity contribution in [3.8, 4) is 17.3 Å². The van der Waals surface area contributed by atoms with E-state index in [-0.39, 0.29) is 5.92 Å². The average molecular weight is 372 g/mol. The van der Waals surface area contributed by atoms with E-state index >= 15 is 0 Å². The van der Waals surface area contributed by atoms with Gasteiger partial charge in [-0.05, 0) is 18.2 Å². The Kier molecular flexibility index (Phi) is 4.83. The van der Waals surface area contributed by atoms with Crippen molar-refractivity contribution in [3.05, 3.63) is 57.1 Å². The summed E-state index contributed by atoms with van der Waals surface area (Å²) in [5.74, 6) is -0.427. The number of benzene rings is 1. The Morgan fingerprint density at radius 2 is 2.28 bits per heavy atom. The van der Waals surface area contributed by atoms with E-state index in [1.165, 1.54) is 11.3 Å². The van der Waals surface area contributed by atoms with Gasteiger partial charge in [-0.3, -0.25) is 9.48 Å². The standard InChI is InChI=1S/C17H14ClN5OS/c1-10(17-21-15(9-25-17)16(20)24)8-23-5-4-14(22-23)11-2-3-12(7-19)13(18)6-11/h2-6,9-10H,8H2,1H3,(H2,20,24)/t10-/m0/s1. The molecule has 0 aliphatic heterocycles. The molecular weight excluding hydrogens is 358 g/mol. The second-order valence-corrected chi connectivity index (χ2v) is 6.86. The van der Waals surface area contributed by atoms with E-state index in [2.05, 4.69) is 10.1 Å². The molecule has 0 aliphatic rings. The van der Waals surface area contributed by atoms with Gasteiger partial charge < -0.3 is 5.73 Å². The number of nitrogens with two attached hydrogens (primary N) is 1. The number of thiazole rings is 1. The summed E-state index contributed by atoms with van der Waals surface area (Å²) < 4.78 is 1.82. The number of amides is 1. The summed E-state index contributed by atoms with van der Waals surface area (Å²) >= 11 is 7.49. The molecule has 0 bridgehead atoms. The molecule has 0 fully saturated rings. The number of aromatic nitrogens is 3. The van der Waals surface area contributed by atoms with Gasteiger partial charge >= 0.3 is 0 Å².